The molecule has 1 unspecified atom stereocenters. The molecule has 0 heterocycles. The summed E-state index contributed by atoms with van der Waals surface area (Å²) in [7, 11) is -4.22. The van der Waals surface area contributed by atoms with E-state index in [0.717, 1.165) is 9.87 Å². The molecule has 0 aliphatic rings. The van der Waals surface area contributed by atoms with Gasteiger partial charge in [-0.25, -0.2) is 8.42 Å². The number of carbonyl (C=O) groups excluding carboxylic acids is 2. The molecule has 214 valence electrons. The van der Waals surface area contributed by atoms with Crippen molar-refractivity contribution >= 4 is 50.7 Å². The second-order valence-corrected chi connectivity index (χ2v) is 12.4. The maximum absolute atomic E-state index is 14.0. The fourth-order valence-electron chi connectivity index (χ4n) is 4.24. The van der Waals surface area contributed by atoms with Gasteiger partial charge in [0.05, 0.1) is 20.6 Å². The van der Waals surface area contributed by atoms with Crippen molar-refractivity contribution in [1.82, 2.24) is 10.2 Å². The number of amides is 2. The molecule has 0 saturated heterocycles. The zero-order chi connectivity index (χ0) is 29.3. The zero-order valence-corrected chi connectivity index (χ0v) is 25.2. The van der Waals surface area contributed by atoms with E-state index in [4.69, 9.17) is 23.2 Å². The first kappa shape index (κ1) is 31.5. The third-order valence-electron chi connectivity index (χ3n) is 6.36. The molecule has 3 aromatic carbocycles. The number of sulfonamides is 1. The predicted molar refractivity (Wildman–Crippen MR) is 161 cm³/mol. The third kappa shape index (κ3) is 7.99. The second kappa shape index (κ2) is 14.5. The zero-order valence-electron chi connectivity index (χ0n) is 22.9. The number of halogens is 2. The van der Waals surface area contributed by atoms with Gasteiger partial charge in [-0.1, -0.05) is 98.6 Å². The van der Waals surface area contributed by atoms with Crippen LogP contribution in [0.4, 0.5) is 5.69 Å². The van der Waals surface area contributed by atoms with Crippen LogP contribution >= 0.6 is 23.2 Å². The van der Waals surface area contributed by atoms with Crippen molar-refractivity contribution in [1.29, 1.82) is 0 Å². The first-order chi connectivity index (χ1) is 19.1. The molecule has 0 radical (unpaired) electrons. The molecule has 0 aliphatic carbocycles. The summed E-state index contributed by atoms with van der Waals surface area (Å²) in [5.41, 5.74) is 1.07. The van der Waals surface area contributed by atoms with Crippen LogP contribution in [0.1, 0.15) is 32.8 Å². The first-order valence-electron chi connectivity index (χ1n) is 13.2. The Morgan fingerprint density at radius 3 is 2.12 bits per heavy atom. The number of anilines is 1. The van der Waals surface area contributed by atoms with Crippen LogP contribution < -0.4 is 9.62 Å². The van der Waals surface area contributed by atoms with E-state index < -0.39 is 28.5 Å². The van der Waals surface area contributed by atoms with Gasteiger partial charge in [-0.15, -0.1) is 0 Å². The number of hydrogen-bond donors (Lipinski definition) is 1. The van der Waals surface area contributed by atoms with E-state index in [1.165, 1.54) is 23.1 Å². The molecule has 1 atom stereocenters. The van der Waals surface area contributed by atoms with Crippen LogP contribution in [-0.4, -0.2) is 50.8 Å². The molecule has 0 saturated carbocycles. The minimum absolute atomic E-state index is 0.00334. The highest BCUT2D eigenvalue weighted by molar-refractivity contribution is 7.92. The molecule has 0 spiro atoms. The Morgan fingerprint density at radius 2 is 1.52 bits per heavy atom. The molecule has 3 rings (SSSR count). The number of nitrogens with zero attached hydrogens (tertiary/aromatic N) is 2. The summed E-state index contributed by atoms with van der Waals surface area (Å²) < 4.78 is 28.7. The quantitative estimate of drug-likeness (QED) is 0.267. The van der Waals surface area contributed by atoms with E-state index in [-0.39, 0.29) is 39.0 Å². The Hall–Kier alpha value is -3.07. The Morgan fingerprint density at radius 1 is 0.900 bits per heavy atom. The van der Waals surface area contributed by atoms with Crippen LogP contribution in [0.5, 0.6) is 0 Å². The fraction of sp³-hybridized carbons (Fsp3) is 0.333. The van der Waals surface area contributed by atoms with Crippen LogP contribution in [0.15, 0.2) is 83.8 Å². The van der Waals surface area contributed by atoms with Gasteiger partial charge in [-0.05, 0) is 48.6 Å². The lowest BCUT2D eigenvalue weighted by atomic mass is 10.1. The van der Waals surface area contributed by atoms with Crippen LogP contribution in [-0.2, 0) is 26.0 Å². The van der Waals surface area contributed by atoms with Crippen molar-refractivity contribution < 1.29 is 18.0 Å². The summed E-state index contributed by atoms with van der Waals surface area (Å²) in [4.78, 5) is 28.7. The smallest absolute Gasteiger partial charge is 0.264 e. The molecule has 2 amide bonds. The predicted octanol–water partition coefficient (Wildman–Crippen LogP) is 5.81. The normalized spacial score (nSPS) is 12.2. The van der Waals surface area contributed by atoms with E-state index in [9.17, 15) is 18.0 Å². The maximum atomic E-state index is 14.0. The summed E-state index contributed by atoms with van der Waals surface area (Å²) in [5, 5.41) is 3.08. The van der Waals surface area contributed by atoms with Crippen molar-refractivity contribution in [2.45, 2.75) is 44.6 Å². The number of carbonyl (C=O) groups is 2. The number of nitrogens with one attached hydrogen (secondary N) is 1. The Labute approximate surface area is 247 Å². The highest BCUT2D eigenvalue weighted by Gasteiger charge is 2.34. The molecule has 40 heavy (non-hydrogen) atoms. The topological polar surface area (TPSA) is 86.8 Å². The Balaban J connectivity index is 2.02. The summed E-state index contributed by atoms with van der Waals surface area (Å²) in [6.07, 6.45) is 0.845. The van der Waals surface area contributed by atoms with E-state index in [1.807, 2.05) is 51.1 Å². The summed E-state index contributed by atoms with van der Waals surface area (Å²) in [6, 6.07) is 21.2. The third-order valence-corrected chi connectivity index (χ3v) is 8.95. The monoisotopic (exact) mass is 603 g/mol. The molecule has 0 aromatic heterocycles. The summed E-state index contributed by atoms with van der Waals surface area (Å²) in [5.74, 6) is -0.583. The van der Waals surface area contributed by atoms with Gasteiger partial charge >= 0.3 is 0 Å². The second-order valence-electron chi connectivity index (χ2n) is 9.78. The van der Waals surface area contributed by atoms with Gasteiger partial charge in [0.15, 0.2) is 0 Å². The molecule has 0 bridgehead atoms. The molecular formula is C30H35Cl2N3O4S. The Bertz CT molecular complexity index is 1390. The van der Waals surface area contributed by atoms with Gasteiger partial charge in [0.2, 0.25) is 11.8 Å². The van der Waals surface area contributed by atoms with Gasteiger partial charge in [0.1, 0.15) is 12.6 Å². The van der Waals surface area contributed by atoms with Gasteiger partial charge in [0, 0.05) is 13.1 Å². The van der Waals surface area contributed by atoms with Crippen molar-refractivity contribution in [3.63, 3.8) is 0 Å². The lowest BCUT2D eigenvalue weighted by Gasteiger charge is -2.33. The van der Waals surface area contributed by atoms with Gasteiger partial charge in [-0.3, -0.25) is 13.9 Å². The van der Waals surface area contributed by atoms with E-state index in [1.54, 1.807) is 30.3 Å². The van der Waals surface area contributed by atoms with Gasteiger partial charge < -0.3 is 10.2 Å². The lowest BCUT2D eigenvalue weighted by Crippen LogP contribution is -2.53. The first-order valence-corrected chi connectivity index (χ1v) is 15.4. The largest absolute Gasteiger partial charge is 0.354 e. The fourth-order valence-corrected chi connectivity index (χ4v) is 6.13. The van der Waals surface area contributed by atoms with E-state index in [0.29, 0.717) is 19.4 Å². The average Bonchev–Trinajstić information content (AvgIpc) is 2.95. The summed E-state index contributed by atoms with van der Waals surface area (Å²) >= 11 is 12.7. The molecule has 1 N–H and O–H groups in total. The number of rotatable bonds is 13. The Kier molecular flexibility index (Phi) is 11.4. The van der Waals surface area contributed by atoms with E-state index >= 15 is 0 Å². The molecule has 7 nitrogen and oxygen atoms in total. The van der Waals surface area contributed by atoms with Crippen molar-refractivity contribution in [2.24, 2.45) is 5.92 Å². The molecule has 10 heteroatoms. The lowest BCUT2D eigenvalue weighted by molar-refractivity contribution is -0.139. The minimum Gasteiger partial charge on any atom is -0.354 e. The van der Waals surface area contributed by atoms with Crippen molar-refractivity contribution in [3.8, 4) is 0 Å². The molecule has 0 fully saturated rings. The molecular weight excluding hydrogens is 569 g/mol. The van der Waals surface area contributed by atoms with E-state index in [2.05, 4.69) is 5.32 Å². The standard InChI is InChI=1S/C30H35Cl2N3O4S/c1-4-26(30(37)33-20-22(2)3)34(19-18-23-12-7-5-8-13-23)28(36)21-35(27-17-11-16-25(31)29(27)32)40(38,39)24-14-9-6-10-15-24/h5-17,22,26H,4,18-21H2,1-3H3,(H,33,37). The van der Waals surface area contributed by atoms with Crippen molar-refractivity contribution in [2.75, 3.05) is 23.9 Å². The van der Waals surface area contributed by atoms with Crippen LogP contribution in [0.3, 0.4) is 0 Å². The number of benzene rings is 3. The van der Waals surface area contributed by atoms with Crippen LogP contribution in [0, 0.1) is 5.92 Å². The SMILES string of the molecule is CCC(C(=O)NCC(C)C)N(CCc1ccccc1)C(=O)CN(c1cccc(Cl)c1Cl)S(=O)(=O)c1ccccc1. The van der Waals surface area contributed by atoms with Gasteiger partial charge in [-0.2, -0.15) is 0 Å². The minimum atomic E-state index is -4.22. The summed E-state index contributed by atoms with van der Waals surface area (Å²) in [6.45, 7) is 5.91. The highest BCUT2D eigenvalue weighted by Crippen LogP contribution is 2.35. The van der Waals surface area contributed by atoms with Gasteiger partial charge in [0.25, 0.3) is 10.0 Å². The van der Waals surface area contributed by atoms with Crippen molar-refractivity contribution in [3.05, 3.63) is 94.5 Å². The highest BCUT2D eigenvalue weighted by atomic mass is 35.5. The van der Waals surface area contributed by atoms with Crippen LogP contribution in [0.2, 0.25) is 10.0 Å². The molecule has 3 aromatic rings. The van der Waals surface area contributed by atoms with Crippen LogP contribution in [0.25, 0.3) is 0 Å². The average molecular weight is 605 g/mol. The maximum Gasteiger partial charge on any atom is 0.264 e. The number of hydrogen-bond acceptors (Lipinski definition) is 4. The molecule has 0 aliphatic heterocycles.